The molecule has 1 aliphatic rings. The highest BCUT2D eigenvalue weighted by Crippen LogP contribution is 2.31. The van der Waals surface area contributed by atoms with Gasteiger partial charge in [0.2, 0.25) is 0 Å². The number of benzene rings is 2. The topological polar surface area (TPSA) is 103 Å². The van der Waals surface area contributed by atoms with Crippen LogP contribution in [0.15, 0.2) is 70.4 Å². The summed E-state index contributed by atoms with van der Waals surface area (Å²) in [5.74, 6) is -0.222. The molecule has 0 aliphatic carbocycles. The van der Waals surface area contributed by atoms with Gasteiger partial charge in [0.1, 0.15) is 11.8 Å². The Hall–Kier alpha value is -4.41. The lowest BCUT2D eigenvalue weighted by molar-refractivity contribution is -0.0512. The molecule has 2 aromatic carbocycles. The first-order valence-corrected chi connectivity index (χ1v) is 11.0. The summed E-state index contributed by atoms with van der Waals surface area (Å²) in [5, 5.41) is 8.33. The zero-order valence-electron chi connectivity index (χ0n) is 19.4. The van der Waals surface area contributed by atoms with E-state index < -0.39 is 18.8 Å². The third-order valence-corrected chi connectivity index (χ3v) is 5.32. The summed E-state index contributed by atoms with van der Waals surface area (Å²) in [6.45, 7) is -1.13. The Balaban J connectivity index is 1.54. The fraction of sp³-hybridized carbons (Fsp3) is 0.240. The Morgan fingerprint density at radius 3 is 2.58 bits per heavy atom. The van der Waals surface area contributed by atoms with E-state index in [4.69, 9.17) is 13.9 Å². The molecule has 11 heteroatoms. The number of anilines is 1. The summed E-state index contributed by atoms with van der Waals surface area (Å²) >= 11 is 0. The van der Waals surface area contributed by atoms with Crippen LogP contribution < -0.4 is 14.8 Å². The van der Waals surface area contributed by atoms with E-state index in [1.165, 1.54) is 25.5 Å². The van der Waals surface area contributed by atoms with Crippen LogP contribution in [0.4, 0.5) is 19.3 Å². The number of rotatable bonds is 9. The predicted octanol–water partition coefficient (Wildman–Crippen LogP) is 5.28. The van der Waals surface area contributed by atoms with Crippen molar-refractivity contribution in [1.29, 1.82) is 0 Å². The van der Waals surface area contributed by atoms with Gasteiger partial charge in [0.25, 0.3) is 5.91 Å². The van der Waals surface area contributed by atoms with Gasteiger partial charge in [0, 0.05) is 11.3 Å². The van der Waals surface area contributed by atoms with Crippen LogP contribution in [0.2, 0.25) is 0 Å². The minimum absolute atomic E-state index is 0.0850. The average Bonchev–Trinajstić information content (AvgIpc) is 3.41. The summed E-state index contributed by atoms with van der Waals surface area (Å²) < 4.78 is 46.0. The molecule has 1 aliphatic heterocycles. The molecule has 36 heavy (non-hydrogen) atoms. The number of cyclic esters (lactones) is 1. The van der Waals surface area contributed by atoms with E-state index in [1.807, 2.05) is 6.92 Å². The normalized spacial score (nSPS) is 15.4. The van der Waals surface area contributed by atoms with Gasteiger partial charge in [-0.05, 0) is 54.4 Å². The fourth-order valence-corrected chi connectivity index (χ4v) is 3.58. The van der Waals surface area contributed by atoms with Gasteiger partial charge in [-0.1, -0.05) is 19.1 Å². The molecule has 188 valence electrons. The second kappa shape index (κ2) is 10.9. The molecule has 0 bridgehead atoms. The van der Waals surface area contributed by atoms with Gasteiger partial charge < -0.3 is 23.9 Å². The van der Waals surface area contributed by atoms with Crippen LogP contribution in [-0.4, -0.2) is 42.5 Å². The third-order valence-electron chi connectivity index (χ3n) is 5.32. The standard InChI is InChI=1S/C25H23F2N3O6/c1-3-18-22(16-8-11-19(33-2)21(13-16)35-24(26)27)29-30(25(32)36-18)14-15-6-9-17(10-7-15)28-23(31)20-5-4-12-34-20/h4-13,18,24H,3,14H2,1-2H3,(H,28,31). The van der Waals surface area contributed by atoms with Crippen LogP contribution >= 0.6 is 0 Å². The number of amides is 2. The lowest BCUT2D eigenvalue weighted by Gasteiger charge is -2.29. The van der Waals surface area contributed by atoms with E-state index in [2.05, 4.69) is 15.2 Å². The minimum Gasteiger partial charge on any atom is -0.493 e. The van der Waals surface area contributed by atoms with Crippen molar-refractivity contribution < 1.29 is 37.0 Å². The lowest BCUT2D eigenvalue weighted by Crippen LogP contribution is -2.41. The fourth-order valence-electron chi connectivity index (χ4n) is 3.58. The molecule has 2 amide bonds. The van der Waals surface area contributed by atoms with Crippen molar-refractivity contribution in [3.8, 4) is 11.5 Å². The first kappa shape index (κ1) is 24.7. The van der Waals surface area contributed by atoms with Crippen LogP contribution in [0.1, 0.15) is 35.0 Å². The molecule has 0 saturated heterocycles. The van der Waals surface area contributed by atoms with Crippen LogP contribution in [0, 0.1) is 0 Å². The summed E-state index contributed by atoms with van der Waals surface area (Å²) in [6.07, 6.45) is 0.533. The number of methoxy groups -OCH3 is 1. The number of nitrogens with one attached hydrogen (secondary N) is 1. The summed E-state index contributed by atoms with van der Waals surface area (Å²) in [4.78, 5) is 24.7. The van der Waals surface area contributed by atoms with Crippen molar-refractivity contribution in [2.24, 2.45) is 5.10 Å². The van der Waals surface area contributed by atoms with E-state index >= 15 is 0 Å². The maximum atomic E-state index is 12.9. The van der Waals surface area contributed by atoms with Gasteiger partial charge in [0.15, 0.2) is 17.3 Å². The SMILES string of the molecule is CCC1OC(=O)N(Cc2ccc(NC(=O)c3ccco3)cc2)N=C1c1ccc(OC)c(OC(F)F)c1. The van der Waals surface area contributed by atoms with Gasteiger partial charge in [-0.3, -0.25) is 4.79 Å². The second-order valence-electron chi connectivity index (χ2n) is 7.70. The number of hydrogen-bond acceptors (Lipinski definition) is 7. The molecule has 1 atom stereocenters. The highest BCUT2D eigenvalue weighted by molar-refractivity contribution is 6.06. The molecule has 1 unspecified atom stereocenters. The molecule has 0 saturated carbocycles. The number of carbonyl (C=O) groups excluding carboxylic acids is 2. The molecule has 9 nitrogen and oxygen atoms in total. The van der Waals surface area contributed by atoms with E-state index in [1.54, 1.807) is 42.5 Å². The highest BCUT2D eigenvalue weighted by atomic mass is 19.3. The maximum Gasteiger partial charge on any atom is 0.431 e. The third kappa shape index (κ3) is 5.62. The van der Waals surface area contributed by atoms with Crippen molar-refractivity contribution in [2.75, 3.05) is 12.4 Å². The Bertz CT molecular complexity index is 1250. The molecular formula is C25H23F2N3O6. The van der Waals surface area contributed by atoms with Crippen molar-refractivity contribution in [3.05, 3.63) is 77.7 Å². The minimum atomic E-state index is -3.04. The summed E-state index contributed by atoms with van der Waals surface area (Å²) in [6, 6.07) is 14.5. The molecule has 2 heterocycles. The molecular weight excluding hydrogens is 476 g/mol. The largest absolute Gasteiger partial charge is 0.493 e. The Morgan fingerprint density at radius 1 is 1.17 bits per heavy atom. The van der Waals surface area contributed by atoms with Crippen LogP contribution in [0.25, 0.3) is 0 Å². The quantitative estimate of drug-likeness (QED) is 0.430. The monoisotopic (exact) mass is 499 g/mol. The van der Waals surface area contributed by atoms with Crippen molar-refractivity contribution >= 4 is 23.4 Å². The van der Waals surface area contributed by atoms with Gasteiger partial charge in [-0.2, -0.15) is 18.9 Å². The number of hydrogen-bond donors (Lipinski definition) is 1. The molecule has 1 N–H and O–H groups in total. The number of carbonyl (C=O) groups is 2. The van der Waals surface area contributed by atoms with Gasteiger partial charge in [-0.25, -0.2) is 4.79 Å². The molecule has 3 aromatic rings. The Labute approximate surface area is 205 Å². The Morgan fingerprint density at radius 2 is 1.94 bits per heavy atom. The van der Waals surface area contributed by atoms with Crippen LogP contribution in [-0.2, 0) is 11.3 Å². The van der Waals surface area contributed by atoms with Crippen LogP contribution in [0.3, 0.4) is 0 Å². The first-order valence-electron chi connectivity index (χ1n) is 11.0. The number of ether oxygens (including phenoxy) is 3. The molecule has 4 rings (SSSR count). The number of halogens is 2. The van der Waals surface area contributed by atoms with E-state index in [0.717, 1.165) is 10.6 Å². The van der Waals surface area contributed by atoms with Crippen molar-refractivity contribution in [2.45, 2.75) is 32.6 Å². The van der Waals surface area contributed by atoms with Crippen molar-refractivity contribution in [1.82, 2.24) is 5.01 Å². The lowest BCUT2D eigenvalue weighted by atomic mass is 10.0. The van der Waals surface area contributed by atoms with E-state index in [9.17, 15) is 18.4 Å². The second-order valence-corrected chi connectivity index (χ2v) is 7.70. The smallest absolute Gasteiger partial charge is 0.431 e. The van der Waals surface area contributed by atoms with Crippen LogP contribution in [0.5, 0.6) is 11.5 Å². The highest BCUT2D eigenvalue weighted by Gasteiger charge is 2.31. The van der Waals surface area contributed by atoms with Gasteiger partial charge in [0.05, 0.1) is 19.9 Å². The maximum absolute atomic E-state index is 12.9. The van der Waals surface area contributed by atoms with Gasteiger partial charge >= 0.3 is 12.7 Å². The first-order chi connectivity index (χ1) is 17.4. The summed E-state index contributed by atoms with van der Waals surface area (Å²) in [5.41, 5.74) is 2.10. The van der Waals surface area contributed by atoms with Gasteiger partial charge in [-0.15, -0.1) is 0 Å². The number of nitrogens with zero attached hydrogens (tertiary/aromatic N) is 2. The zero-order chi connectivity index (χ0) is 25.7. The number of furan rings is 1. The molecule has 0 radical (unpaired) electrons. The predicted molar refractivity (Wildman–Crippen MR) is 125 cm³/mol. The Kier molecular flexibility index (Phi) is 7.47. The summed E-state index contributed by atoms with van der Waals surface area (Å²) in [7, 11) is 1.34. The number of hydrazone groups is 1. The number of alkyl halides is 2. The average molecular weight is 499 g/mol. The zero-order valence-corrected chi connectivity index (χ0v) is 19.4. The van der Waals surface area contributed by atoms with E-state index in [-0.39, 0.29) is 29.7 Å². The van der Waals surface area contributed by atoms with E-state index in [0.29, 0.717) is 23.4 Å². The van der Waals surface area contributed by atoms with Crippen molar-refractivity contribution in [3.63, 3.8) is 0 Å². The molecule has 1 aromatic heterocycles. The molecule has 0 spiro atoms. The molecule has 0 fully saturated rings.